The maximum absolute atomic E-state index is 14.0. The number of alkyl halides is 4. The second-order valence-electron chi connectivity index (χ2n) is 19.4. The molecule has 4 aliphatic heterocycles. The molecule has 16 nitrogen and oxygen atoms in total. The molecule has 4 heterocycles. The Morgan fingerprint density at radius 3 is 1.51 bits per heavy atom. The SMILES string of the molecule is CCOC(=O)C1C2CC(CC2F)N1C(=O)OCc1ccccc1.CCOC(=O)C1C2CC(F)C(C2)N1C(=O)OCc1ccccc1.CCOC(=O)C1NC2CC(F)C1C2.CCOC(=O)C1NC2CC1CC2F. The predicted molar refractivity (Wildman–Crippen MR) is 251 cm³/mol. The second kappa shape index (κ2) is 25.0. The first-order valence-electron chi connectivity index (χ1n) is 25.4. The summed E-state index contributed by atoms with van der Waals surface area (Å²) in [6, 6.07) is 15.5. The Balaban J connectivity index is 0.000000146. The van der Waals surface area contributed by atoms with Crippen molar-refractivity contribution < 1.29 is 74.8 Å². The van der Waals surface area contributed by atoms with Crippen molar-refractivity contribution in [3.63, 3.8) is 0 Å². The summed E-state index contributed by atoms with van der Waals surface area (Å²) in [4.78, 5) is 74.4. The van der Waals surface area contributed by atoms with Gasteiger partial charge in [0.15, 0.2) is 0 Å². The fourth-order valence-electron chi connectivity index (χ4n) is 11.8. The van der Waals surface area contributed by atoms with Crippen molar-refractivity contribution in [2.24, 2.45) is 23.7 Å². The Morgan fingerprint density at radius 1 is 0.486 bits per heavy atom. The van der Waals surface area contributed by atoms with Gasteiger partial charge in [-0.15, -0.1) is 0 Å². The Labute approximate surface area is 417 Å². The number of benzene rings is 2. The largest absolute Gasteiger partial charge is 0.465 e. The first kappa shape index (κ1) is 54.3. The molecule has 10 rings (SSSR count). The molecule has 2 N–H and O–H groups in total. The minimum absolute atomic E-state index is 0.0973. The molecule has 8 fully saturated rings. The number of halogens is 4. The van der Waals surface area contributed by atoms with Gasteiger partial charge >= 0.3 is 36.1 Å². The maximum Gasteiger partial charge on any atom is 0.411 e. The topological polar surface area (TPSA) is 188 Å². The Morgan fingerprint density at radius 2 is 1.00 bits per heavy atom. The third-order valence-corrected chi connectivity index (χ3v) is 14.9. The van der Waals surface area contributed by atoms with Crippen LogP contribution in [0.4, 0.5) is 27.2 Å². The van der Waals surface area contributed by atoms with Gasteiger partial charge in [-0.3, -0.25) is 24.7 Å². The number of hydrogen-bond acceptors (Lipinski definition) is 14. The van der Waals surface area contributed by atoms with Gasteiger partial charge < -0.3 is 33.7 Å². The van der Waals surface area contributed by atoms with E-state index in [0.717, 1.165) is 24.0 Å². The summed E-state index contributed by atoms with van der Waals surface area (Å²) in [6.07, 6.45) is -0.794. The van der Waals surface area contributed by atoms with Gasteiger partial charge in [0, 0.05) is 30.0 Å². The van der Waals surface area contributed by atoms with Gasteiger partial charge in [-0.1, -0.05) is 60.7 Å². The van der Waals surface area contributed by atoms with E-state index < -0.39 is 78.9 Å². The van der Waals surface area contributed by atoms with E-state index in [2.05, 4.69) is 10.6 Å². The number of hydrogen-bond donors (Lipinski definition) is 2. The van der Waals surface area contributed by atoms with Crippen molar-refractivity contribution in [2.75, 3.05) is 26.4 Å². The van der Waals surface area contributed by atoms with Crippen LogP contribution in [0.5, 0.6) is 0 Å². The number of nitrogens with zero attached hydrogens (tertiary/aromatic N) is 2. The first-order valence-corrected chi connectivity index (χ1v) is 25.4. The molecule has 4 aliphatic carbocycles. The molecule has 4 saturated heterocycles. The van der Waals surface area contributed by atoms with E-state index in [9.17, 15) is 46.3 Å². The number of rotatable bonds is 12. The van der Waals surface area contributed by atoms with Crippen LogP contribution in [0, 0.1) is 23.7 Å². The number of likely N-dealkylation sites (tertiary alicyclic amines) is 2. The lowest BCUT2D eigenvalue weighted by Gasteiger charge is -2.34. The number of amides is 2. The van der Waals surface area contributed by atoms with Crippen molar-refractivity contribution in [1.82, 2.24) is 20.4 Å². The van der Waals surface area contributed by atoms with Crippen LogP contribution in [0.3, 0.4) is 0 Å². The van der Waals surface area contributed by atoms with Crippen LogP contribution >= 0.6 is 0 Å². The first-order chi connectivity index (χ1) is 34.7. The van der Waals surface area contributed by atoms with Crippen molar-refractivity contribution in [3.05, 3.63) is 71.8 Å². The fraction of sp³-hybridized carbons (Fsp3) is 0.654. The molecule has 2 aromatic rings. The van der Waals surface area contributed by atoms with Gasteiger partial charge in [0.05, 0.1) is 32.5 Å². The van der Waals surface area contributed by atoms with E-state index in [1.165, 1.54) is 9.80 Å². The lowest BCUT2D eigenvalue weighted by Crippen LogP contribution is -2.53. The minimum Gasteiger partial charge on any atom is -0.465 e. The van der Waals surface area contributed by atoms with Crippen molar-refractivity contribution in [3.8, 4) is 0 Å². The van der Waals surface area contributed by atoms with Crippen LogP contribution in [-0.2, 0) is 60.8 Å². The smallest absolute Gasteiger partial charge is 0.411 e. The Hall–Kier alpha value is -5.50. The zero-order valence-electron chi connectivity index (χ0n) is 41.2. The van der Waals surface area contributed by atoms with E-state index in [-0.39, 0.29) is 86.7 Å². The molecule has 0 radical (unpaired) electrons. The highest BCUT2D eigenvalue weighted by atomic mass is 19.1. The quantitative estimate of drug-likeness (QED) is 0.131. The summed E-state index contributed by atoms with van der Waals surface area (Å²) in [5.74, 6) is -2.19. The molecule has 0 aromatic heterocycles. The summed E-state index contributed by atoms with van der Waals surface area (Å²) < 4.78 is 84.6. The van der Waals surface area contributed by atoms with Crippen molar-refractivity contribution in [2.45, 2.75) is 165 Å². The van der Waals surface area contributed by atoms with Crippen molar-refractivity contribution in [1.29, 1.82) is 0 Å². The number of carbonyl (C=O) groups excluding carboxylic acids is 6. The van der Waals surface area contributed by atoms with E-state index in [1.807, 2.05) is 60.7 Å². The molecule has 2 aromatic carbocycles. The third-order valence-electron chi connectivity index (χ3n) is 14.9. The molecule has 8 bridgehead atoms. The highest BCUT2D eigenvalue weighted by Gasteiger charge is 2.59. The van der Waals surface area contributed by atoms with Crippen molar-refractivity contribution >= 4 is 36.1 Å². The minimum atomic E-state index is -1.10. The van der Waals surface area contributed by atoms with E-state index in [1.54, 1.807) is 27.7 Å². The average molecular weight is 1020 g/mol. The maximum atomic E-state index is 14.0. The van der Waals surface area contributed by atoms with Gasteiger partial charge in [-0.25, -0.2) is 36.7 Å². The molecule has 8 aliphatic rings. The Bertz CT molecular complexity index is 2170. The molecular formula is C52H68F4N4O12. The number of nitrogens with one attached hydrogen (secondary N) is 2. The van der Waals surface area contributed by atoms with Gasteiger partial charge in [0.1, 0.15) is 62.1 Å². The van der Waals surface area contributed by atoms with Gasteiger partial charge in [0.2, 0.25) is 0 Å². The van der Waals surface area contributed by atoms with Crippen LogP contribution in [0.1, 0.15) is 90.2 Å². The summed E-state index contributed by atoms with van der Waals surface area (Å²) in [7, 11) is 0. The number of carbonyl (C=O) groups is 6. The molecule has 0 spiro atoms. The summed E-state index contributed by atoms with van der Waals surface area (Å²) in [5.41, 5.74) is 1.70. The third kappa shape index (κ3) is 12.5. The molecule has 16 unspecified atom stereocenters. The van der Waals surface area contributed by atoms with Crippen LogP contribution in [0.15, 0.2) is 60.7 Å². The molecule has 72 heavy (non-hydrogen) atoms. The molecule has 20 heteroatoms. The predicted octanol–water partition coefficient (Wildman–Crippen LogP) is 6.65. The monoisotopic (exact) mass is 1020 g/mol. The van der Waals surface area contributed by atoms with E-state index >= 15 is 0 Å². The number of ether oxygens (including phenoxy) is 6. The summed E-state index contributed by atoms with van der Waals surface area (Å²) in [5, 5.41) is 6.07. The van der Waals surface area contributed by atoms with E-state index in [4.69, 9.17) is 28.4 Å². The van der Waals surface area contributed by atoms with Gasteiger partial charge in [0.25, 0.3) is 0 Å². The summed E-state index contributed by atoms with van der Waals surface area (Å²) >= 11 is 0. The van der Waals surface area contributed by atoms with Crippen LogP contribution < -0.4 is 10.6 Å². The van der Waals surface area contributed by atoms with Crippen LogP contribution in [-0.4, -0.2) is 145 Å². The van der Waals surface area contributed by atoms with Crippen LogP contribution in [0.25, 0.3) is 0 Å². The van der Waals surface area contributed by atoms with Crippen LogP contribution in [0.2, 0.25) is 0 Å². The highest BCUT2D eigenvalue weighted by molar-refractivity contribution is 5.84. The number of fused-ring (bicyclic) bond motifs is 8. The Kier molecular flexibility index (Phi) is 18.8. The summed E-state index contributed by atoms with van der Waals surface area (Å²) in [6.45, 7) is 8.37. The molecule has 16 atom stereocenters. The lowest BCUT2D eigenvalue weighted by atomic mass is 9.97. The number of piperidine rings is 4. The molecular weight excluding hydrogens is 949 g/mol. The molecule has 396 valence electrons. The average Bonchev–Trinajstić information content (AvgIpc) is 4.27. The standard InChI is InChI=1S/2C17H20FNO4.2C9H14FNO2/c1-2-22-16(20)15-13-8-12(9-14(13)18)19(15)17(21)23-10-11-6-4-3-5-7-11;1-2-22-16(20)15-12-8-13(18)14(9-12)19(15)17(21)23-10-11-6-4-3-5-7-11;1-2-13-9(12)8-6-3-5(11-8)4-7(6)10;1-2-13-9(12)8-5-3-6(10)7(4-5)11-8/h2*3-7,12-15H,2,8-10H2,1H3;2*5-8,11H,2-4H2,1H3. The zero-order chi connectivity index (χ0) is 51.6. The number of esters is 4. The lowest BCUT2D eigenvalue weighted by molar-refractivity contribution is -0.152. The second-order valence-corrected chi connectivity index (χ2v) is 19.4. The fourth-order valence-corrected chi connectivity index (χ4v) is 11.8. The van der Waals surface area contributed by atoms with Gasteiger partial charge in [-0.2, -0.15) is 0 Å². The molecule has 4 saturated carbocycles. The highest BCUT2D eigenvalue weighted by Crippen LogP contribution is 2.46. The molecule has 2 amide bonds. The van der Waals surface area contributed by atoms with E-state index in [0.29, 0.717) is 45.3 Å². The zero-order valence-corrected chi connectivity index (χ0v) is 41.2. The van der Waals surface area contributed by atoms with Gasteiger partial charge in [-0.05, 0) is 102 Å². The normalized spacial score (nSPS) is 33.6.